The van der Waals surface area contributed by atoms with Crippen molar-refractivity contribution in [3.8, 4) is 0 Å². The Morgan fingerprint density at radius 2 is 1.83 bits per heavy atom. The van der Waals surface area contributed by atoms with Crippen LogP contribution in [0.1, 0.15) is 20.3 Å². The largest absolute Gasteiger partial charge is 0.311 e. The van der Waals surface area contributed by atoms with Crippen LogP contribution in [0.5, 0.6) is 0 Å². The van der Waals surface area contributed by atoms with Gasteiger partial charge in [0.1, 0.15) is 0 Å². The number of para-hydroxylation sites is 1. The number of benzene rings is 2. The molecule has 0 bridgehead atoms. The SMILES string of the molecule is CC(=O)N1CCCSc2ccc(S(=O)(=O)N3CC(C)CSc4ccccc43)cc21. The van der Waals surface area contributed by atoms with Gasteiger partial charge in [-0.2, -0.15) is 0 Å². The second-order valence-electron chi connectivity index (χ2n) is 7.42. The Labute approximate surface area is 180 Å². The van der Waals surface area contributed by atoms with E-state index in [-0.39, 0.29) is 16.7 Å². The van der Waals surface area contributed by atoms with E-state index in [2.05, 4.69) is 6.92 Å². The zero-order chi connectivity index (χ0) is 20.6. The quantitative estimate of drug-likeness (QED) is 0.678. The molecule has 2 aromatic rings. The number of thioether (sulfide) groups is 2. The zero-order valence-electron chi connectivity index (χ0n) is 16.5. The molecular weight excluding hydrogens is 424 g/mol. The van der Waals surface area contributed by atoms with Gasteiger partial charge in [0.05, 0.1) is 16.3 Å². The summed E-state index contributed by atoms with van der Waals surface area (Å²) in [4.78, 5) is 16.1. The molecule has 0 aliphatic carbocycles. The Hall–Kier alpha value is -1.64. The summed E-state index contributed by atoms with van der Waals surface area (Å²) >= 11 is 3.37. The highest BCUT2D eigenvalue weighted by Gasteiger charge is 2.32. The van der Waals surface area contributed by atoms with Crippen molar-refractivity contribution < 1.29 is 13.2 Å². The first-order valence-corrected chi connectivity index (χ1v) is 13.1. The van der Waals surface area contributed by atoms with E-state index in [1.807, 2.05) is 30.3 Å². The molecule has 2 heterocycles. The van der Waals surface area contributed by atoms with Crippen LogP contribution >= 0.6 is 23.5 Å². The number of anilines is 2. The van der Waals surface area contributed by atoms with Crippen molar-refractivity contribution >= 4 is 50.8 Å². The lowest BCUT2D eigenvalue weighted by molar-refractivity contribution is -0.116. The molecule has 154 valence electrons. The van der Waals surface area contributed by atoms with Crippen LogP contribution in [0.25, 0.3) is 0 Å². The second kappa shape index (κ2) is 8.24. The molecule has 29 heavy (non-hydrogen) atoms. The average Bonchev–Trinajstić information content (AvgIpc) is 3.02. The topological polar surface area (TPSA) is 57.7 Å². The fourth-order valence-corrected chi connectivity index (χ4v) is 7.38. The van der Waals surface area contributed by atoms with Crippen LogP contribution in [0.4, 0.5) is 11.4 Å². The van der Waals surface area contributed by atoms with Gasteiger partial charge in [0.2, 0.25) is 5.91 Å². The molecule has 2 aliphatic rings. The summed E-state index contributed by atoms with van der Waals surface area (Å²) in [6.07, 6.45) is 0.884. The Morgan fingerprint density at radius 3 is 2.62 bits per heavy atom. The zero-order valence-corrected chi connectivity index (χ0v) is 18.9. The van der Waals surface area contributed by atoms with E-state index in [0.29, 0.717) is 18.8 Å². The molecule has 2 aliphatic heterocycles. The van der Waals surface area contributed by atoms with Gasteiger partial charge in [-0.15, -0.1) is 23.5 Å². The van der Waals surface area contributed by atoms with Gasteiger partial charge in [-0.25, -0.2) is 8.42 Å². The Bertz CT molecular complexity index is 1040. The third-order valence-corrected chi connectivity index (χ3v) is 9.42. The molecule has 0 radical (unpaired) electrons. The maximum absolute atomic E-state index is 13.7. The summed E-state index contributed by atoms with van der Waals surface area (Å²) in [7, 11) is -3.75. The van der Waals surface area contributed by atoms with Gasteiger partial charge in [0, 0.05) is 35.6 Å². The lowest BCUT2D eigenvalue weighted by Crippen LogP contribution is -2.35. The van der Waals surface area contributed by atoms with Gasteiger partial charge in [0.25, 0.3) is 10.0 Å². The average molecular weight is 449 g/mol. The van der Waals surface area contributed by atoms with E-state index in [4.69, 9.17) is 0 Å². The summed E-state index contributed by atoms with van der Waals surface area (Å²) in [5, 5.41) is 0. The minimum absolute atomic E-state index is 0.0616. The van der Waals surface area contributed by atoms with E-state index < -0.39 is 10.0 Å². The smallest absolute Gasteiger partial charge is 0.264 e. The van der Waals surface area contributed by atoms with Gasteiger partial charge in [-0.1, -0.05) is 19.1 Å². The van der Waals surface area contributed by atoms with Crippen LogP contribution in [-0.2, 0) is 14.8 Å². The summed E-state index contributed by atoms with van der Waals surface area (Å²) in [6.45, 7) is 4.66. The molecule has 0 fully saturated rings. The molecule has 4 rings (SSSR count). The summed E-state index contributed by atoms with van der Waals surface area (Å²) < 4.78 is 28.9. The molecular formula is C21H24N2O3S3. The Kier molecular flexibility index (Phi) is 5.86. The molecule has 0 saturated carbocycles. The third-order valence-electron chi connectivity index (χ3n) is 5.11. The van der Waals surface area contributed by atoms with Crippen molar-refractivity contribution in [1.29, 1.82) is 0 Å². The second-order valence-corrected chi connectivity index (χ2v) is 11.5. The van der Waals surface area contributed by atoms with Gasteiger partial charge < -0.3 is 4.90 Å². The number of carbonyl (C=O) groups is 1. The summed E-state index contributed by atoms with van der Waals surface area (Å²) in [5.74, 6) is 1.96. The lowest BCUT2D eigenvalue weighted by Gasteiger charge is -2.27. The van der Waals surface area contributed by atoms with Crippen molar-refractivity contribution in [1.82, 2.24) is 0 Å². The normalized spacial score (nSPS) is 19.7. The highest BCUT2D eigenvalue weighted by Crippen LogP contribution is 2.40. The molecule has 0 aromatic heterocycles. The van der Waals surface area contributed by atoms with E-state index in [9.17, 15) is 13.2 Å². The molecule has 5 nitrogen and oxygen atoms in total. The molecule has 1 unspecified atom stereocenters. The molecule has 0 saturated heterocycles. The summed E-state index contributed by atoms with van der Waals surface area (Å²) in [6, 6.07) is 12.9. The molecule has 1 amide bonds. The summed E-state index contributed by atoms with van der Waals surface area (Å²) in [5.41, 5.74) is 1.43. The van der Waals surface area contributed by atoms with Crippen molar-refractivity contribution in [2.45, 2.75) is 35.0 Å². The number of fused-ring (bicyclic) bond motifs is 2. The van der Waals surface area contributed by atoms with Crippen LogP contribution in [0.15, 0.2) is 57.2 Å². The van der Waals surface area contributed by atoms with Gasteiger partial charge in [0.15, 0.2) is 0 Å². The lowest BCUT2D eigenvalue weighted by atomic mass is 10.2. The minimum atomic E-state index is -3.75. The van der Waals surface area contributed by atoms with Crippen molar-refractivity contribution in [2.75, 3.05) is 33.8 Å². The molecule has 0 spiro atoms. The predicted octanol–water partition coefficient (Wildman–Crippen LogP) is 4.47. The van der Waals surface area contributed by atoms with Crippen molar-refractivity contribution in [3.05, 3.63) is 42.5 Å². The first-order valence-electron chi connectivity index (χ1n) is 9.67. The maximum atomic E-state index is 13.7. The maximum Gasteiger partial charge on any atom is 0.264 e. The van der Waals surface area contributed by atoms with E-state index in [1.165, 1.54) is 11.2 Å². The van der Waals surface area contributed by atoms with Crippen LogP contribution in [-0.4, -0.2) is 38.9 Å². The van der Waals surface area contributed by atoms with E-state index in [0.717, 1.165) is 33.4 Å². The van der Waals surface area contributed by atoms with Gasteiger partial charge >= 0.3 is 0 Å². The molecule has 1 atom stereocenters. The van der Waals surface area contributed by atoms with Crippen LogP contribution in [0, 0.1) is 5.92 Å². The minimum Gasteiger partial charge on any atom is -0.311 e. The van der Waals surface area contributed by atoms with Gasteiger partial charge in [-0.05, 0) is 48.4 Å². The first-order chi connectivity index (χ1) is 13.9. The fraction of sp³-hybridized carbons (Fsp3) is 0.381. The Morgan fingerprint density at radius 1 is 1.07 bits per heavy atom. The monoisotopic (exact) mass is 448 g/mol. The number of hydrogen-bond donors (Lipinski definition) is 0. The van der Waals surface area contributed by atoms with Crippen molar-refractivity contribution in [3.63, 3.8) is 0 Å². The van der Waals surface area contributed by atoms with Gasteiger partial charge in [-0.3, -0.25) is 9.10 Å². The number of rotatable bonds is 2. The highest BCUT2D eigenvalue weighted by atomic mass is 32.2. The van der Waals surface area contributed by atoms with Crippen molar-refractivity contribution in [2.24, 2.45) is 5.92 Å². The van der Waals surface area contributed by atoms with Crippen LogP contribution < -0.4 is 9.21 Å². The van der Waals surface area contributed by atoms with E-state index in [1.54, 1.807) is 40.6 Å². The number of carbonyl (C=O) groups excluding carboxylic acids is 1. The van der Waals surface area contributed by atoms with Crippen LogP contribution in [0.3, 0.4) is 0 Å². The standard InChI is InChI=1S/C21H24N2O3S3/c1-15-13-23(18-6-3-4-7-20(18)28-14-15)29(25,26)17-8-9-21-19(12-17)22(16(2)24)10-5-11-27-21/h3-4,6-9,12,15H,5,10-11,13-14H2,1-2H3. The molecule has 0 N–H and O–H groups in total. The number of sulfonamides is 1. The first kappa shape index (κ1) is 20.6. The predicted molar refractivity (Wildman–Crippen MR) is 121 cm³/mol. The fourth-order valence-electron chi connectivity index (χ4n) is 3.65. The molecule has 2 aromatic carbocycles. The Balaban J connectivity index is 1.81. The molecule has 8 heteroatoms. The number of nitrogens with zero attached hydrogens (tertiary/aromatic N) is 2. The number of amides is 1. The third kappa shape index (κ3) is 4.02. The van der Waals surface area contributed by atoms with E-state index >= 15 is 0 Å². The highest BCUT2D eigenvalue weighted by molar-refractivity contribution is 8.00. The number of hydrogen-bond acceptors (Lipinski definition) is 5. The van der Waals surface area contributed by atoms with Crippen LogP contribution in [0.2, 0.25) is 0 Å².